The first kappa shape index (κ1) is 10.8. The molecular weight excluding hydrogens is 102 g/mol. The lowest BCUT2D eigenvalue weighted by atomic mass is 10.5. The Balaban J connectivity index is 0. The van der Waals surface area contributed by atoms with E-state index < -0.39 is 0 Å². The summed E-state index contributed by atoms with van der Waals surface area (Å²) >= 11 is 0. The first-order valence-corrected chi connectivity index (χ1v) is 2.80. The van der Waals surface area contributed by atoms with Crippen molar-refractivity contribution in [1.29, 1.82) is 0 Å². The van der Waals surface area contributed by atoms with Crippen molar-refractivity contribution in [2.24, 2.45) is 17.2 Å². The Bertz CT molecular complexity index is 24.1. The molecule has 0 rings (SSSR count). The number of nitrogens with two attached hydrogens (primary N) is 3. The van der Waals surface area contributed by atoms with E-state index in [1.54, 1.807) is 0 Å². The Morgan fingerprint density at radius 3 is 1.25 bits per heavy atom. The average Bonchev–Trinajstić information content (AvgIpc) is 1.65. The van der Waals surface area contributed by atoms with E-state index in [-0.39, 0.29) is 0 Å². The van der Waals surface area contributed by atoms with Crippen LogP contribution >= 0.6 is 0 Å². The van der Waals surface area contributed by atoms with Crippen molar-refractivity contribution in [3.8, 4) is 0 Å². The number of hydrogen-bond donors (Lipinski definition) is 3. The predicted octanol–water partition coefficient (Wildman–Crippen LogP) is -0.743. The van der Waals surface area contributed by atoms with Crippen LogP contribution in [0.25, 0.3) is 0 Å². The fourth-order valence-electron chi connectivity index (χ4n) is 0. The summed E-state index contributed by atoms with van der Waals surface area (Å²) in [6.07, 6.45) is 0. The van der Waals surface area contributed by atoms with Crippen molar-refractivity contribution in [3.63, 3.8) is 0 Å². The van der Waals surface area contributed by atoms with Crippen LogP contribution in [-0.4, -0.2) is 19.1 Å². The maximum absolute atomic E-state index is 5.11. The molecule has 0 aromatic rings. The Morgan fingerprint density at radius 1 is 1.12 bits per heavy atom. The molecule has 0 aromatic carbocycles. The van der Waals surface area contributed by atoms with Crippen LogP contribution in [0.2, 0.25) is 0 Å². The summed E-state index contributed by atoms with van der Waals surface area (Å²) in [5.41, 5.74) is 14.9. The van der Waals surface area contributed by atoms with Crippen LogP contribution in [-0.2, 0) is 0 Å². The quantitative estimate of drug-likeness (QED) is 0.425. The molecule has 8 heavy (non-hydrogen) atoms. The van der Waals surface area contributed by atoms with E-state index in [9.17, 15) is 0 Å². The number of hydrogen-bond acceptors (Lipinski definition) is 3. The van der Waals surface area contributed by atoms with Crippen molar-refractivity contribution < 1.29 is 0 Å². The van der Waals surface area contributed by atoms with Crippen molar-refractivity contribution in [2.75, 3.05) is 13.1 Å². The second kappa shape index (κ2) is 9.99. The molecule has 0 radical (unpaired) electrons. The van der Waals surface area contributed by atoms with Crippen LogP contribution in [0, 0.1) is 0 Å². The molecule has 3 nitrogen and oxygen atoms in total. The Kier molecular flexibility index (Phi) is 13.5. The normalized spacial score (nSPS) is 8.25. The highest BCUT2D eigenvalue weighted by molar-refractivity contribution is 4.32. The van der Waals surface area contributed by atoms with Gasteiger partial charge in [-0.05, 0) is 6.04 Å². The first-order chi connectivity index (χ1) is 3.65. The molecule has 6 N–H and O–H groups in total. The molecule has 0 aromatic heterocycles. The molecule has 0 aliphatic heterocycles. The van der Waals surface area contributed by atoms with Crippen LogP contribution in [0.1, 0.15) is 13.8 Å². The van der Waals surface area contributed by atoms with Gasteiger partial charge in [0.2, 0.25) is 0 Å². The first-order valence-electron chi connectivity index (χ1n) is 2.80. The van der Waals surface area contributed by atoms with Crippen molar-refractivity contribution in [1.82, 2.24) is 0 Å². The SMILES string of the molecule is CC(C)N.NCCN. The smallest absolute Gasteiger partial charge is 0.00461 e. The minimum absolute atomic E-state index is 0.333. The van der Waals surface area contributed by atoms with Crippen molar-refractivity contribution >= 4 is 0 Å². The van der Waals surface area contributed by atoms with Gasteiger partial charge in [-0.2, -0.15) is 0 Å². The zero-order chi connectivity index (χ0) is 6.99. The third-order valence-corrected chi connectivity index (χ3v) is 0.167. The van der Waals surface area contributed by atoms with Gasteiger partial charge in [0.05, 0.1) is 0 Å². The molecule has 0 saturated carbocycles. The molecule has 52 valence electrons. The highest BCUT2D eigenvalue weighted by atomic mass is 14.6. The highest BCUT2D eigenvalue weighted by Gasteiger charge is 1.67. The molecule has 3 heteroatoms. The van der Waals surface area contributed by atoms with E-state index in [1.807, 2.05) is 13.8 Å². The maximum Gasteiger partial charge on any atom is 0.00461 e. The summed E-state index contributed by atoms with van der Waals surface area (Å²) in [6, 6.07) is 0.333. The van der Waals surface area contributed by atoms with Gasteiger partial charge in [0, 0.05) is 13.1 Å². The minimum atomic E-state index is 0.333. The molecule has 0 aliphatic carbocycles. The van der Waals surface area contributed by atoms with Crippen LogP contribution in [0.5, 0.6) is 0 Å². The topological polar surface area (TPSA) is 78.1 Å². The Morgan fingerprint density at radius 2 is 1.25 bits per heavy atom. The zero-order valence-corrected chi connectivity index (χ0v) is 5.72. The summed E-state index contributed by atoms with van der Waals surface area (Å²) in [6.45, 7) is 5.08. The van der Waals surface area contributed by atoms with E-state index in [0.717, 1.165) is 0 Å². The van der Waals surface area contributed by atoms with Gasteiger partial charge >= 0.3 is 0 Å². The molecule has 0 unspecified atom stereocenters. The van der Waals surface area contributed by atoms with E-state index in [1.165, 1.54) is 0 Å². The molecule has 0 atom stereocenters. The van der Waals surface area contributed by atoms with E-state index in [0.29, 0.717) is 19.1 Å². The van der Waals surface area contributed by atoms with Gasteiger partial charge in [0.25, 0.3) is 0 Å². The summed E-state index contributed by atoms with van der Waals surface area (Å²) in [4.78, 5) is 0. The zero-order valence-electron chi connectivity index (χ0n) is 5.72. The van der Waals surface area contributed by atoms with Crippen molar-refractivity contribution in [2.45, 2.75) is 19.9 Å². The van der Waals surface area contributed by atoms with Gasteiger partial charge in [-0.1, -0.05) is 13.8 Å². The van der Waals surface area contributed by atoms with Crippen LogP contribution in [0.4, 0.5) is 0 Å². The van der Waals surface area contributed by atoms with E-state index >= 15 is 0 Å². The van der Waals surface area contributed by atoms with Crippen LogP contribution in [0.3, 0.4) is 0 Å². The summed E-state index contributed by atoms with van der Waals surface area (Å²) < 4.78 is 0. The summed E-state index contributed by atoms with van der Waals surface area (Å²) in [5, 5.41) is 0. The fraction of sp³-hybridized carbons (Fsp3) is 1.00. The fourth-order valence-corrected chi connectivity index (χ4v) is 0. The molecule has 0 bridgehead atoms. The molecular formula is C5H17N3. The van der Waals surface area contributed by atoms with Gasteiger partial charge in [-0.15, -0.1) is 0 Å². The molecule has 0 fully saturated rings. The maximum atomic E-state index is 5.11. The lowest BCUT2D eigenvalue weighted by Gasteiger charge is -1.81. The Hall–Kier alpha value is -0.120. The highest BCUT2D eigenvalue weighted by Crippen LogP contribution is 1.58. The molecule has 0 amide bonds. The monoisotopic (exact) mass is 119 g/mol. The predicted molar refractivity (Wildman–Crippen MR) is 37.4 cm³/mol. The lowest BCUT2D eigenvalue weighted by molar-refractivity contribution is 0.834. The molecule has 0 aliphatic rings. The van der Waals surface area contributed by atoms with Gasteiger partial charge in [0.1, 0.15) is 0 Å². The van der Waals surface area contributed by atoms with Gasteiger partial charge in [0.15, 0.2) is 0 Å². The third-order valence-electron chi connectivity index (χ3n) is 0.167. The lowest BCUT2D eigenvalue weighted by Crippen LogP contribution is -2.11. The van der Waals surface area contributed by atoms with Gasteiger partial charge < -0.3 is 17.2 Å². The van der Waals surface area contributed by atoms with Gasteiger partial charge in [-0.3, -0.25) is 0 Å². The molecule has 0 saturated heterocycles. The second-order valence-corrected chi connectivity index (χ2v) is 1.82. The standard InChI is InChI=1S/C3H9N.C2H8N2/c1-3(2)4;3-1-2-4/h3H,4H2,1-2H3;1-4H2. The van der Waals surface area contributed by atoms with Crippen LogP contribution in [0.15, 0.2) is 0 Å². The van der Waals surface area contributed by atoms with Crippen LogP contribution < -0.4 is 17.2 Å². The summed E-state index contributed by atoms with van der Waals surface area (Å²) in [5.74, 6) is 0. The Labute approximate surface area is 51.2 Å². The minimum Gasteiger partial charge on any atom is -0.329 e. The second-order valence-electron chi connectivity index (χ2n) is 1.82. The van der Waals surface area contributed by atoms with E-state index in [2.05, 4.69) is 0 Å². The number of rotatable bonds is 1. The average molecular weight is 119 g/mol. The third kappa shape index (κ3) is 181. The van der Waals surface area contributed by atoms with Crippen molar-refractivity contribution in [3.05, 3.63) is 0 Å². The van der Waals surface area contributed by atoms with Gasteiger partial charge in [-0.25, -0.2) is 0 Å². The molecule has 0 spiro atoms. The molecule has 0 heterocycles. The largest absolute Gasteiger partial charge is 0.329 e. The summed E-state index contributed by atoms with van der Waals surface area (Å²) in [7, 11) is 0. The van der Waals surface area contributed by atoms with E-state index in [4.69, 9.17) is 17.2 Å².